The predicted molar refractivity (Wildman–Crippen MR) is 144 cm³/mol. The number of benzene rings is 2. The number of hydrogen-bond acceptors (Lipinski definition) is 7. The first-order valence-corrected chi connectivity index (χ1v) is 12.4. The van der Waals surface area contributed by atoms with Crippen molar-refractivity contribution in [1.82, 2.24) is 10.2 Å². The van der Waals surface area contributed by atoms with E-state index in [-0.39, 0.29) is 17.1 Å². The van der Waals surface area contributed by atoms with Gasteiger partial charge in [-0.25, -0.2) is 4.79 Å². The van der Waals surface area contributed by atoms with Crippen molar-refractivity contribution in [3.05, 3.63) is 58.7 Å². The Bertz CT molecular complexity index is 1180. The van der Waals surface area contributed by atoms with E-state index in [1.165, 1.54) is 6.07 Å². The number of carbonyl (C=O) groups excluding carboxylic acids is 3. The second-order valence-electron chi connectivity index (χ2n) is 9.68. The molecule has 0 saturated carbocycles. The van der Waals surface area contributed by atoms with E-state index in [4.69, 9.17) is 4.74 Å². The maximum absolute atomic E-state index is 13.8. The number of aromatic hydroxyl groups is 1. The molecule has 0 bridgehead atoms. The minimum Gasteiger partial charge on any atom is -0.507 e. The van der Waals surface area contributed by atoms with Crippen molar-refractivity contribution in [3.63, 3.8) is 0 Å². The van der Waals surface area contributed by atoms with E-state index in [1.54, 1.807) is 39.8 Å². The van der Waals surface area contributed by atoms with Crippen LogP contribution in [-0.4, -0.2) is 51.9 Å². The van der Waals surface area contributed by atoms with E-state index in [1.807, 2.05) is 38.1 Å². The van der Waals surface area contributed by atoms with E-state index < -0.39 is 42.1 Å². The summed E-state index contributed by atoms with van der Waals surface area (Å²) in [5.74, 6) is -1.66. The average molecular weight is 527 g/mol. The van der Waals surface area contributed by atoms with Crippen LogP contribution in [0.5, 0.6) is 5.75 Å². The van der Waals surface area contributed by atoms with Crippen LogP contribution in [0, 0.1) is 32.1 Å². The Kier molecular flexibility index (Phi) is 9.97. The summed E-state index contributed by atoms with van der Waals surface area (Å²) in [5.41, 5.74) is 2.00. The van der Waals surface area contributed by atoms with Crippen LogP contribution in [0.4, 0.5) is 10.5 Å². The molecule has 2 unspecified atom stereocenters. The smallest absolute Gasteiger partial charge is 0.408 e. The lowest BCUT2D eigenvalue weighted by Gasteiger charge is -2.33. The van der Waals surface area contributed by atoms with Crippen LogP contribution in [-0.2, 0) is 14.3 Å². The molecule has 0 spiro atoms. The molecule has 10 heteroatoms. The Morgan fingerprint density at radius 3 is 2.19 bits per heavy atom. The second-order valence-corrected chi connectivity index (χ2v) is 10.0. The lowest BCUT2D eigenvalue weighted by molar-refractivity contribution is -0.139. The molecule has 2 aromatic carbocycles. The van der Waals surface area contributed by atoms with Crippen LogP contribution in [0.25, 0.3) is 0 Å². The minimum atomic E-state index is -1.38. The van der Waals surface area contributed by atoms with Crippen molar-refractivity contribution in [2.75, 3.05) is 17.6 Å². The van der Waals surface area contributed by atoms with Gasteiger partial charge in [0.2, 0.25) is 5.91 Å². The molecule has 0 radical (unpaired) electrons. The first-order valence-electron chi connectivity index (χ1n) is 11.7. The number of phenolic OH excluding ortho intramolecular Hbond substituents is 1. The number of aryl methyl sites for hydroxylation is 3. The molecule has 0 aliphatic carbocycles. The van der Waals surface area contributed by atoms with Crippen molar-refractivity contribution in [3.8, 4) is 11.8 Å². The molecule has 3 N–H and O–H groups in total. The van der Waals surface area contributed by atoms with Crippen LogP contribution < -0.4 is 10.6 Å². The van der Waals surface area contributed by atoms with Crippen molar-refractivity contribution in [2.45, 2.75) is 59.2 Å². The normalized spacial score (nSPS) is 12.6. The van der Waals surface area contributed by atoms with Gasteiger partial charge in [-0.1, -0.05) is 36.4 Å². The molecule has 37 heavy (non-hydrogen) atoms. The lowest BCUT2D eigenvalue weighted by atomic mass is 9.99. The van der Waals surface area contributed by atoms with Crippen molar-refractivity contribution < 1.29 is 24.2 Å². The Morgan fingerprint density at radius 2 is 1.65 bits per heavy atom. The summed E-state index contributed by atoms with van der Waals surface area (Å²) in [6, 6.07) is 9.69. The maximum atomic E-state index is 13.8. The Labute approximate surface area is 223 Å². The van der Waals surface area contributed by atoms with Crippen molar-refractivity contribution >= 4 is 36.2 Å². The van der Waals surface area contributed by atoms with Gasteiger partial charge in [-0.15, -0.1) is 0 Å². The topological polar surface area (TPSA) is 132 Å². The molecule has 9 nitrogen and oxygen atoms in total. The third kappa shape index (κ3) is 7.64. The highest BCUT2D eigenvalue weighted by molar-refractivity contribution is 7.80. The van der Waals surface area contributed by atoms with Crippen LogP contribution in [0.3, 0.4) is 0 Å². The molecule has 2 rings (SSSR count). The zero-order valence-corrected chi connectivity index (χ0v) is 22.8. The van der Waals surface area contributed by atoms with E-state index in [0.29, 0.717) is 11.3 Å². The van der Waals surface area contributed by atoms with Gasteiger partial charge in [0, 0.05) is 17.0 Å². The average Bonchev–Trinajstić information content (AvgIpc) is 2.80. The monoisotopic (exact) mass is 526 g/mol. The van der Waals surface area contributed by atoms with Gasteiger partial charge in [0.25, 0.3) is 5.91 Å². The van der Waals surface area contributed by atoms with Gasteiger partial charge in [0.15, 0.2) is 0 Å². The molecule has 2 aromatic rings. The summed E-state index contributed by atoms with van der Waals surface area (Å²) >= 11 is 4.20. The van der Waals surface area contributed by atoms with Crippen molar-refractivity contribution in [2.24, 2.45) is 0 Å². The SMILES string of the molecule is Cc1cccc(C(C(=O)Nc2c(C)cccc2C)N(CC#N)C(=O)C(CS)NC(=O)OC(C)(C)C)c1O. The highest BCUT2D eigenvalue weighted by Gasteiger charge is 2.37. The number of nitrogens with one attached hydrogen (secondary N) is 2. The third-order valence-corrected chi connectivity index (χ3v) is 5.91. The number of rotatable bonds is 8. The molecule has 0 aromatic heterocycles. The first kappa shape index (κ1) is 29.5. The number of carbonyl (C=O) groups is 3. The minimum absolute atomic E-state index is 0.120. The molecule has 0 aliphatic rings. The van der Waals surface area contributed by atoms with E-state index in [9.17, 15) is 24.8 Å². The maximum Gasteiger partial charge on any atom is 0.408 e. The number of anilines is 1. The predicted octanol–water partition coefficient (Wildman–Crippen LogP) is 4.17. The van der Waals surface area contributed by atoms with Crippen LogP contribution in [0.15, 0.2) is 36.4 Å². The van der Waals surface area contributed by atoms with Gasteiger partial charge in [-0.05, 0) is 58.2 Å². The number of ether oxygens (including phenoxy) is 1. The highest BCUT2D eigenvalue weighted by atomic mass is 32.1. The Morgan fingerprint density at radius 1 is 1.08 bits per heavy atom. The van der Waals surface area contributed by atoms with Crippen molar-refractivity contribution in [1.29, 1.82) is 5.26 Å². The molecule has 0 aliphatic heterocycles. The van der Waals surface area contributed by atoms with Gasteiger partial charge < -0.3 is 25.4 Å². The van der Waals surface area contributed by atoms with Crippen LogP contribution in [0.2, 0.25) is 0 Å². The molecule has 0 heterocycles. The van der Waals surface area contributed by atoms with Gasteiger partial charge in [0.1, 0.15) is 30.0 Å². The van der Waals surface area contributed by atoms with E-state index in [2.05, 4.69) is 23.3 Å². The molecule has 198 valence electrons. The molecule has 3 amide bonds. The summed E-state index contributed by atoms with van der Waals surface area (Å²) in [7, 11) is 0. The van der Waals surface area contributed by atoms with Gasteiger partial charge in [-0.3, -0.25) is 9.59 Å². The molecular formula is C27H34N4O5S. The summed E-state index contributed by atoms with van der Waals surface area (Å²) in [4.78, 5) is 40.8. The number of nitrogens with zero attached hydrogens (tertiary/aromatic N) is 2. The number of amides is 3. The highest BCUT2D eigenvalue weighted by Crippen LogP contribution is 2.33. The number of hydrogen-bond donors (Lipinski definition) is 4. The number of phenols is 1. The van der Waals surface area contributed by atoms with Gasteiger partial charge in [-0.2, -0.15) is 17.9 Å². The molecule has 0 saturated heterocycles. The molecule has 2 atom stereocenters. The van der Waals surface area contributed by atoms with E-state index >= 15 is 0 Å². The Balaban J connectivity index is 2.56. The lowest BCUT2D eigenvalue weighted by Crippen LogP contribution is -2.53. The van der Waals surface area contributed by atoms with Crippen LogP contribution >= 0.6 is 12.6 Å². The van der Waals surface area contributed by atoms with Crippen LogP contribution in [0.1, 0.15) is 49.1 Å². The number of thiol groups is 1. The van der Waals surface area contributed by atoms with Gasteiger partial charge in [0.05, 0.1) is 6.07 Å². The largest absolute Gasteiger partial charge is 0.507 e. The van der Waals surface area contributed by atoms with E-state index in [0.717, 1.165) is 16.0 Å². The summed E-state index contributed by atoms with van der Waals surface area (Å²) in [6.45, 7) is 9.89. The number of nitriles is 1. The fourth-order valence-corrected chi connectivity index (χ4v) is 4.01. The second kappa shape index (κ2) is 12.5. The fraction of sp³-hybridized carbons (Fsp3) is 0.407. The summed E-state index contributed by atoms with van der Waals surface area (Å²) in [5, 5.41) is 25.8. The molecular weight excluding hydrogens is 492 g/mol. The fourth-order valence-electron chi connectivity index (χ4n) is 3.76. The zero-order chi connectivity index (χ0) is 27.9. The quantitative estimate of drug-likeness (QED) is 0.302. The summed E-state index contributed by atoms with van der Waals surface area (Å²) < 4.78 is 5.25. The standard InChI is InChI=1S/C27H34N4O5S/c1-16-9-7-10-17(2)21(16)30-24(33)22(19-12-8-11-18(3)23(19)32)31(14-13-28)25(34)20(15-37)29-26(35)36-27(4,5)6/h7-12,20,22,32,37H,14-15H2,1-6H3,(H,29,35)(H,30,33). The number of para-hydroxylation sites is 2. The molecule has 0 fully saturated rings. The zero-order valence-electron chi connectivity index (χ0n) is 22.0. The van der Waals surface area contributed by atoms with Gasteiger partial charge >= 0.3 is 6.09 Å². The first-order chi connectivity index (χ1) is 17.3. The number of alkyl carbamates (subject to hydrolysis) is 1. The Hall–Kier alpha value is -3.71. The third-order valence-electron chi connectivity index (χ3n) is 5.55. The summed E-state index contributed by atoms with van der Waals surface area (Å²) in [6.07, 6.45) is -0.841.